The molecule has 0 saturated heterocycles. The van der Waals surface area contributed by atoms with Crippen LogP contribution in [0.25, 0.3) is 0 Å². The van der Waals surface area contributed by atoms with Crippen molar-refractivity contribution in [3.05, 3.63) is 35.4 Å². The average Bonchev–Trinajstić information content (AvgIpc) is 2.01. The van der Waals surface area contributed by atoms with Gasteiger partial charge in [-0.05, 0) is 17.7 Å². The van der Waals surface area contributed by atoms with Gasteiger partial charge in [-0.3, -0.25) is 0 Å². The Bertz CT molecular complexity index is 310. The number of hydrogen-bond acceptors (Lipinski definition) is 2. The summed E-state index contributed by atoms with van der Waals surface area (Å²) in [6.45, 7) is 0. The highest BCUT2D eigenvalue weighted by molar-refractivity contribution is 5.24. The van der Waals surface area contributed by atoms with Gasteiger partial charge < -0.3 is 5.73 Å². The van der Waals surface area contributed by atoms with E-state index in [1.54, 1.807) is 6.07 Å². The Labute approximate surface area is 68.2 Å². The molecule has 2 nitrogen and oxygen atoms in total. The van der Waals surface area contributed by atoms with Gasteiger partial charge in [-0.2, -0.15) is 5.26 Å². The molecule has 0 spiro atoms. The van der Waals surface area contributed by atoms with Crippen molar-refractivity contribution in [2.75, 3.05) is 0 Å². The van der Waals surface area contributed by atoms with Gasteiger partial charge in [-0.1, -0.05) is 0 Å². The third-order valence-corrected chi connectivity index (χ3v) is 1.38. The van der Waals surface area contributed by atoms with Crippen molar-refractivity contribution in [1.29, 1.82) is 5.26 Å². The van der Waals surface area contributed by atoms with Crippen LogP contribution >= 0.6 is 0 Å². The Kier molecular flexibility index (Phi) is 2.36. The predicted octanol–water partition coefficient (Wildman–Crippen LogP) is 1.49. The third-order valence-electron chi connectivity index (χ3n) is 1.38. The molecular formula is C8H6F2N2. The Balaban J connectivity index is 3.10. The normalized spacial score (nSPS) is 12.2. The summed E-state index contributed by atoms with van der Waals surface area (Å²) < 4.78 is 25.0. The number of rotatable bonds is 1. The molecule has 2 N–H and O–H groups in total. The molecule has 1 aromatic carbocycles. The van der Waals surface area contributed by atoms with Gasteiger partial charge in [0.1, 0.15) is 17.7 Å². The number of halogens is 2. The molecule has 0 unspecified atom stereocenters. The largest absolute Gasteiger partial charge is 0.312 e. The summed E-state index contributed by atoms with van der Waals surface area (Å²) in [5.74, 6) is -1.45. The summed E-state index contributed by atoms with van der Waals surface area (Å²) in [6.07, 6.45) is 0. The summed E-state index contributed by atoms with van der Waals surface area (Å²) in [6, 6.07) is 3.51. The zero-order chi connectivity index (χ0) is 9.14. The number of nitrogens with zero attached hydrogens (tertiary/aromatic N) is 1. The highest BCUT2D eigenvalue weighted by Crippen LogP contribution is 2.13. The maximum absolute atomic E-state index is 12.5. The second-order valence-electron chi connectivity index (χ2n) is 2.31. The molecule has 0 saturated carbocycles. The molecule has 0 aliphatic rings. The molecule has 62 valence electrons. The lowest BCUT2D eigenvalue weighted by Gasteiger charge is -2.02. The first kappa shape index (κ1) is 8.62. The molecule has 1 atom stereocenters. The molecule has 4 heteroatoms. The maximum atomic E-state index is 12.5. The van der Waals surface area contributed by atoms with E-state index in [2.05, 4.69) is 0 Å². The molecule has 0 amide bonds. The number of nitrogens with two attached hydrogens (primary N) is 1. The van der Waals surface area contributed by atoms with Crippen LogP contribution in [0.15, 0.2) is 18.2 Å². The monoisotopic (exact) mass is 168 g/mol. The highest BCUT2D eigenvalue weighted by Gasteiger charge is 2.06. The van der Waals surface area contributed by atoms with Crippen LogP contribution < -0.4 is 5.73 Å². The first-order valence-electron chi connectivity index (χ1n) is 3.24. The zero-order valence-corrected chi connectivity index (χ0v) is 6.09. The average molecular weight is 168 g/mol. The van der Waals surface area contributed by atoms with E-state index in [4.69, 9.17) is 11.0 Å². The van der Waals surface area contributed by atoms with E-state index in [9.17, 15) is 8.78 Å². The second kappa shape index (κ2) is 3.28. The molecule has 0 radical (unpaired) electrons. The van der Waals surface area contributed by atoms with Gasteiger partial charge in [0.05, 0.1) is 6.07 Å². The first-order valence-corrected chi connectivity index (χ1v) is 3.24. The fourth-order valence-electron chi connectivity index (χ4n) is 0.829. The van der Waals surface area contributed by atoms with E-state index in [1.807, 2.05) is 0 Å². The Morgan fingerprint density at radius 3 is 2.17 bits per heavy atom. The van der Waals surface area contributed by atoms with E-state index in [0.717, 1.165) is 18.2 Å². The van der Waals surface area contributed by atoms with Crippen molar-refractivity contribution < 1.29 is 8.78 Å². The SMILES string of the molecule is N#C[C@@H](N)c1cc(F)cc(F)c1. The summed E-state index contributed by atoms with van der Waals surface area (Å²) in [4.78, 5) is 0. The fourth-order valence-corrected chi connectivity index (χ4v) is 0.829. The standard InChI is InChI=1S/C8H6F2N2/c9-6-1-5(8(12)4-11)2-7(10)3-6/h1-3,8H,12H2/t8-/m1/s1. The van der Waals surface area contributed by atoms with Crippen molar-refractivity contribution in [2.45, 2.75) is 6.04 Å². The van der Waals surface area contributed by atoms with Gasteiger partial charge in [0, 0.05) is 6.07 Å². The lowest BCUT2D eigenvalue weighted by atomic mass is 10.1. The fraction of sp³-hybridized carbons (Fsp3) is 0.125. The predicted molar refractivity (Wildman–Crippen MR) is 38.9 cm³/mol. The van der Waals surface area contributed by atoms with E-state index in [1.165, 1.54) is 0 Å². The van der Waals surface area contributed by atoms with E-state index < -0.39 is 17.7 Å². The van der Waals surface area contributed by atoms with Gasteiger partial charge in [0.15, 0.2) is 0 Å². The second-order valence-corrected chi connectivity index (χ2v) is 2.31. The maximum Gasteiger partial charge on any atom is 0.126 e. The topological polar surface area (TPSA) is 49.8 Å². The molecule has 12 heavy (non-hydrogen) atoms. The van der Waals surface area contributed by atoms with Gasteiger partial charge in [-0.25, -0.2) is 8.78 Å². The lowest BCUT2D eigenvalue weighted by Crippen LogP contribution is -2.07. The van der Waals surface area contributed by atoms with Gasteiger partial charge >= 0.3 is 0 Å². The summed E-state index contributed by atoms with van der Waals surface area (Å²) in [5, 5.41) is 8.35. The Morgan fingerprint density at radius 2 is 1.75 bits per heavy atom. The van der Waals surface area contributed by atoms with Crippen LogP contribution in [-0.4, -0.2) is 0 Å². The number of nitriles is 1. The van der Waals surface area contributed by atoms with Crippen molar-refractivity contribution in [3.8, 4) is 6.07 Å². The number of hydrogen-bond donors (Lipinski definition) is 1. The van der Waals surface area contributed by atoms with E-state index in [-0.39, 0.29) is 5.56 Å². The van der Waals surface area contributed by atoms with Crippen molar-refractivity contribution in [1.82, 2.24) is 0 Å². The molecule has 0 fully saturated rings. The van der Waals surface area contributed by atoms with Crippen molar-refractivity contribution in [2.24, 2.45) is 5.73 Å². The quantitative estimate of drug-likeness (QED) is 0.690. The minimum absolute atomic E-state index is 0.148. The van der Waals surface area contributed by atoms with Crippen LogP contribution in [0.5, 0.6) is 0 Å². The molecular weight excluding hydrogens is 162 g/mol. The molecule has 0 aromatic heterocycles. The molecule has 1 rings (SSSR count). The molecule has 0 bridgehead atoms. The highest BCUT2D eigenvalue weighted by atomic mass is 19.1. The van der Waals surface area contributed by atoms with Crippen LogP contribution in [0.3, 0.4) is 0 Å². The molecule has 0 heterocycles. The summed E-state index contributed by atoms with van der Waals surface area (Å²) in [7, 11) is 0. The van der Waals surface area contributed by atoms with Crippen molar-refractivity contribution >= 4 is 0 Å². The minimum Gasteiger partial charge on any atom is -0.312 e. The smallest absolute Gasteiger partial charge is 0.126 e. The number of benzene rings is 1. The summed E-state index contributed by atoms with van der Waals surface area (Å²) >= 11 is 0. The zero-order valence-electron chi connectivity index (χ0n) is 6.09. The van der Waals surface area contributed by atoms with E-state index >= 15 is 0 Å². The Hall–Kier alpha value is -1.47. The molecule has 0 aliphatic heterocycles. The van der Waals surface area contributed by atoms with Gasteiger partial charge in [0.2, 0.25) is 0 Å². The van der Waals surface area contributed by atoms with E-state index in [0.29, 0.717) is 0 Å². The third kappa shape index (κ3) is 1.77. The van der Waals surface area contributed by atoms with Gasteiger partial charge in [-0.15, -0.1) is 0 Å². The molecule has 0 aliphatic carbocycles. The van der Waals surface area contributed by atoms with Crippen LogP contribution in [0.2, 0.25) is 0 Å². The van der Waals surface area contributed by atoms with Crippen LogP contribution in [0.1, 0.15) is 11.6 Å². The van der Waals surface area contributed by atoms with Crippen molar-refractivity contribution in [3.63, 3.8) is 0 Å². The summed E-state index contributed by atoms with van der Waals surface area (Å²) in [5.41, 5.74) is 5.39. The van der Waals surface area contributed by atoms with Crippen LogP contribution in [-0.2, 0) is 0 Å². The molecule has 1 aromatic rings. The van der Waals surface area contributed by atoms with Gasteiger partial charge in [0.25, 0.3) is 0 Å². The minimum atomic E-state index is -0.977. The van der Waals surface area contributed by atoms with Crippen LogP contribution in [0.4, 0.5) is 8.78 Å². The lowest BCUT2D eigenvalue weighted by molar-refractivity contribution is 0.578. The first-order chi connectivity index (χ1) is 5.63. The Morgan fingerprint density at radius 1 is 1.25 bits per heavy atom. The van der Waals surface area contributed by atoms with Crippen LogP contribution in [0, 0.1) is 23.0 Å².